The van der Waals surface area contributed by atoms with Gasteiger partial charge in [-0.2, -0.15) is 5.10 Å². The maximum atomic E-state index is 12.9. The molecule has 8 nitrogen and oxygen atoms in total. The number of halogens is 1. The van der Waals surface area contributed by atoms with Gasteiger partial charge in [-0.25, -0.2) is 10.2 Å². The number of para-hydroxylation sites is 1. The van der Waals surface area contributed by atoms with E-state index in [9.17, 15) is 9.59 Å². The van der Waals surface area contributed by atoms with Gasteiger partial charge < -0.3 is 18.9 Å². The quantitative estimate of drug-likeness (QED) is 0.140. The van der Waals surface area contributed by atoms with Crippen molar-refractivity contribution in [3.63, 3.8) is 0 Å². The molecule has 0 aliphatic carbocycles. The first-order valence-corrected chi connectivity index (χ1v) is 11.8. The van der Waals surface area contributed by atoms with Crippen LogP contribution < -0.4 is 24.4 Å². The second-order valence-corrected chi connectivity index (χ2v) is 8.71. The van der Waals surface area contributed by atoms with Crippen molar-refractivity contribution in [3.05, 3.63) is 81.7 Å². The summed E-state index contributed by atoms with van der Waals surface area (Å²) in [5, 5.41) is 5.16. The smallest absolute Gasteiger partial charge is 0.355 e. The highest BCUT2D eigenvalue weighted by Crippen LogP contribution is 2.38. The summed E-state index contributed by atoms with van der Waals surface area (Å²) < 4.78 is 22.3. The van der Waals surface area contributed by atoms with Crippen LogP contribution in [0.1, 0.15) is 25.6 Å². The molecule has 0 unspecified atom stereocenters. The van der Waals surface area contributed by atoms with Gasteiger partial charge in [0.2, 0.25) is 5.75 Å². The van der Waals surface area contributed by atoms with E-state index in [4.69, 9.17) is 30.5 Å². The predicted octanol–water partition coefficient (Wildman–Crippen LogP) is 5.56. The maximum absolute atomic E-state index is 12.9. The number of fused-ring (bicyclic) bond motifs is 1. The van der Waals surface area contributed by atoms with E-state index >= 15 is 0 Å². The molecule has 1 aromatic heterocycles. The molecule has 36 heavy (non-hydrogen) atoms. The second-order valence-electron chi connectivity index (χ2n) is 7.28. The molecule has 3 aromatic carbocycles. The molecule has 0 spiro atoms. The SMILES string of the molecule is COc1cc(C(=O)N/N=C/c2ccccc2OC(=O)c2sc3ccccc3c2Cl)cc(OC)c1OC. The molecule has 0 fully saturated rings. The molecule has 184 valence electrons. The van der Waals surface area contributed by atoms with Gasteiger partial charge in [-0.05, 0) is 30.3 Å². The lowest BCUT2D eigenvalue weighted by Gasteiger charge is -2.13. The third-order valence-electron chi connectivity index (χ3n) is 5.14. The van der Waals surface area contributed by atoms with Crippen molar-refractivity contribution in [2.24, 2.45) is 5.10 Å². The Kier molecular flexibility index (Phi) is 7.72. The number of hydrazone groups is 1. The third kappa shape index (κ3) is 5.12. The monoisotopic (exact) mass is 524 g/mol. The van der Waals surface area contributed by atoms with Crippen molar-refractivity contribution in [2.75, 3.05) is 21.3 Å². The number of rotatable bonds is 8. The zero-order valence-corrected chi connectivity index (χ0v) is 21.1. The van der Waals surface area contributed by atoms with Crippen LogP contribution in [0.4, 0.5) is 0 Å². The standard InChI is InChI=1S/C26H21ClN2O6S/c1-32-19-12-16(13-20(33-2)23(19)34-3)25(30)29-28-14-15-8-4-6-10-18(15)35-26(31)24-22(27)17-9-5-7-11-21(17)36-24/h4-14H,1-3H3,(H,29,30)/b28-14+. The number of hydrogen-bond acceptors (Lipinski definition) is 8. The molecule has 4 aromatic rings. The van der Waals surface area contributed by atoms with Crippen molar-refractivity contribution in [3.8, 4) is 23.0 Å². The molecular weight excluding hydrogens is 504 g/mol. The molecule has 0 saturated heterocycles. The lowest BCUT2D eigenvalue weighted by atomic mass is 10.1. The summed E-state index contributed by atoms with van der Waals surface area (Å²) in [6.07, 6.45) is 1.38. The van der Waals surface area contributed by atoms with Crippen LogP contribution >= 0.6 is 22.9 Å². The Balaban J connectivity index is 1.51. The summed E-state index contributed by atoms with van der Waals surface area (Å²) in [4.78, 5) is 25.8. The van der Waals surface area contributed by atoms with E-state index < -0.39 is 11.9 Å². The van der Waals surface area contributed by atoms with Gasteiger partial charge in [-0.3, -0.25) is 4.79 Å². The summed E-state index contributed by atoms with van der Waals surface area (Å²) in [5.41, 5.74) is 3.18. The topological polar surface area (TPSA) is 95.5 Å². The van der Waals surface area contributed by atoms with E-state index in [0.29, 0.717) is 32.7 Å². The van der Waals surface area contributed by atoms with Crippen LogP contribution in [0.5, 0.6) is 23.0 Å². The van der Waals surface area contributed by atoms with Gasteiger partial charge in [0.25, 0.3) is 5.91 Å². The molecule has 4 rings (SSSR count). The number of nitrogens with one attached hydrogen (secondary N) is 1. The summed E-state index contributed by atoms with van der Waals surface area (Å²) in [5.74, 6) is 0.225. The van der Waals surface area contributed by atoms with Crippen LogP contribution in [0.25, 0.3) is 10.1 Å². The number of esters is 1. The number of methoxy groups -OCH3 is 3. The fourth-order valence-corrected chi connectivity index (χ4v) is 4.79. The average Bonchev–Trinajstić information content (AvgIpc) is 3.25. The fraction of sp³-hybridized carbons (Fsp3) is 0.115. The Labute approximate surface area is 216 Å². The molecule has 0 saturated carbocycles. The average molecular weight is 525 g/mol. The number of nitrogens with zero attached hydrogens (tertiary/aromatic N) is 1. The van der Waals surface area contributed by atoms with Crippen LogP contribution in [0.3, 0.4) is 0 Å². The van der Waals surface area contributed by atoms with Crippen molar-refractivity contribution in [2.45, 2.75) is 0 Å². The van der Waals surface area contributed by atoms with Crippen LogP contribution in [-0.4, -0.2) is 39.4 Å². The summed E-state index contributed by atoms with van der Waals surface area (Å²) in [7, 11) is 4.39. The number of benzene rings is 3. The molecule has 1 N–H and O–H groups in total. The van der Waals surface area contributed by atoms with Gasteiger partial charge in [-0.15, -0.1) is 11.3 Å². The van der Waals surface area contributed by atoms with Crippen LogP contribution in [-0.2, 0) is 0 Å². The van der Waals surface area contributed by atoms with E-state index in [1.54, 1.807) is 24.3 Å². The van der Waals surface area contributed by atoms with Crippen molar-refractivity contribution >= 4 is 51.1 Å². The van der Waals surface area contributed by atoms with Gasteiger partial charge in [0.1, 0.15) is 10.6 Å². The minimum Gasteiger partial charge on any atom is -0.493 e. The fourth-order valence-electron chi connectivity index (χ4n) is 3.41. The number of thiophene rings is 1. The maximum Gasteiger partial charge on any atom is 0.355 e. The molecule has 0 bridgehead atoms. The minimum atomic E-state index is -0.580. The highest BCUT2D eigenvalue weighted by atomic mass is 35.5. The van der Waals surface area contributed by atoms with E-state index in [1.165, 1.54) is 51.0 Å². The molecule has 0 aliphatic heterocycles. The summed E-state index contributed by atoms with van der Waals surface area (Å²) in [6, 6.07) is 17.3. The Morgan fingerprint density at radius 1 is 0.917 bits per heavy atom. The van der Waals surface area contributed by atoms with Gasteiger partial charge in [-0.1, -0.05) is 41.9 Å². The van der Waals surface area contributed by atoms with Crippen LogP contribution in [0.2, 0.25) is 5.02 Å². The summed E-state index contributed by atoms with van der Waals surface area (Å²) >= 11 is 7.67. The highest BCUT2D eigenvalue weighted by molar-refractivity contribution is 7.21. The highest BCUT2D eigenvalue weighted by Gasteiger charge is 2.20. The largest absolute Gasteiger partial charge is 0.493 e. The molecule has 0 radical (unpaired) electrons. The Morgan fingerprint density at radius 2 is 1.58 bits per heavy atom. The first-order chi connectivity index (χ1) is 17.5. The van der Waals surface area contributed by atoms with Crippen LogP contribution in [0.15, 0.2) is 65.8 Å². The van der Waals surface area contributed by atoms with Gasteiger partial charge in [0, 0.05) is 21.2 Å². The molecule has 0 atom stereocenters. The van der Waals surface area contributed by atoms with E-state index in [0.717, 1.165) is 10.1 Å². The number of ether oxygens (including phenoxy) is 4. The number of hydrogen-bond donors (Lipinski definition) is 1. The molecule has 0 aliphatic rings. The summed E-state index contributed by atoms with van der Waals surface area (Å²) in [6.45, 7) is 0. The molecule has 1 heterocycles. The molecule has 1 amide bonds. The number of carbonyl (C=O) groups excluding carboxylic acids is 2. The Bertz CT molecular complexity index is 1440. The minimum absolute atomic E-state index is 0.251. The van der Waals surface area contributed by atoms with Gasteiger partial charge in [0.15, 0.2) is 11.5 Å². The predicted molar refractivity (Wildman–Crippen MR) is 139 cm³/mol. The van der Waals surface area contributed by atoms with Crippen LogP contribution in [0, 0.1) is 0 Å². The normalized spacial score (nSPS) is 10.9. The first-order valence-electron chi connectivity index (χ1n) is 10.6. The van der Waals surface area contributed by atoms with E-state index in [-0.39, 0.29) is 11.3 Å². The second kappa shape index (κ2) is 11.1. The van der Waals surface area contributed by atoms with Crippen molar-refractivity contribution in [1.29, 1.82) is 0 Å². The molecule has 10 heteroatoms. The van der Waals surface area contributed by atoms with E-state index in [1.807, 2.05) is 24.3 Å². The lowest BCUT2D eigenvalue weighted by Crippen LogP contribution is -2.18. The third-order valence-corrected chi connectivity index (χ3v) is 6.79. The number of amides is 1. The van der Waals surface area contributed by atoms with Crippen molar-refractivity contribution in [1.82, 2.24) is 5.43 Å². The Hall–Kier alpha value is -4.08. The molecular formula is C26H21ClN2O6S. The number of carbonyl (C=O) groups is 2. The first kappa shape index (κ1) is 25.0. The zero-order chi connectivity index (χ0) is 25.7. The van der Waals surface area contributed by atoms with Crippen molar-refractivity contribution < 1.29 is 28.5 Å². The van der Waals surface area contributed by atoms with Gasteiger partial charge in [0.05, 0.1) is 32.6 Å². The van der Waals surface area contributed by atoms with E-state index in [2.05, 4.69) is 10.5 Å². The lowest BCUT2D eigenvalue weighted by molar-refractivity contribution is 0.0739. The Morgan fingerprint density at radius 3 is 2.25 bits per heavy atom. The van der Waals surface area contributed by atoms with Gasteiger partial charge >= 0.3 is 5.97 Å². The zero-order valence-electron chi connectivity index (χ0n) is 19.5.